The van der Waals surface area contributed by atoms with E-state index in [1.165, 1.54) is 0 Å². The van der Waals surface area contributed by atoms with E-state index in [0.29, 0.717) is 28.3 Å². The van der Waals surface area contributed by atoms with E-state index < -0.39 is 11.6 Å². The second kappa shape index (κ2) is 3.60. The van der Waals surface area contributed by atoms with Crippen LogP contribution in [-0.4, -0.2) is 25.9 Å². The van der Waals surface area contributed by atoms with E-state index in [2.05, 4.69) is 9.97 Å². The van der Waals surface area contributed by atoms with Gasteiger partial charge in [-0.1, -0.05) is 6.07 Å². The highest BCUT2D eigenvalue weighted by atomic mass is 16.2. The maximum absolute atomic E-state index is 12.3. The third kappa shape index (κ3) is 1.26. The van der Waals surface area contributed by atoms with Crippen molar-refractivity contribution >= 4 is 17.2 Å². The highest BCUT2D eigenvalue weighted by Gasteiger charge is 2.35. The molecule has 1 aliphatic carbocycles. The second-order valence-corrected chi connectivity index (χ2v) is 4.80. The molecule has 0 saturated heterocycles. The van der Waals surface area contributed by atoms with Crippen molar-refractivity contribution in [2.24, 2.45) is 0 Å². The van der Waals surface area contributed by atoms with Gasteiger partial charge < -0.3 is 0 Å². The van der Waals surface area contributed by atoms with Crippen molar-refractivity contribution in [3.63, 3.8) is 0 Å². The maximum atomic E-state index is 12.3. The molecule has 0 bridgehead atoms. The molecule has 0 spiro atoms. The number of nitrogens with zero attached hydrogens (tertiary/aromatic N) is 3. The predicted molar refractivity (Wildman–Crippen MR) is 71.8 cm³/mol. The topological polar surface area (TPSA) is 64.3 Å². The fraction of sp³-hybridized carbons (Fsp3) is 0.0667. The molecule has 0 unspecified atom stereocenters. The molecule has 0 aromatic carbocycles. The molecular weight excluding hydrogens is 254 g/mol. The van der Waals surface area contributed by atoms with Crippen LogP contribution in [-0.2, 0) is 0 Å². The van der Waals surface area contributed by atoms with Gasteiger partial charge in [0, 0.05) is 12.4 Å². The number of carbonyl (C=O) groups is 2. The van der Waals surface area contributed by atoms with E-state index in [0.717, 1.165) is 5.56 Å². The number of ketones is 2. The molecule has 3 aromatic rings. The number of hydrogen-bond acceptors (Lipinski definition) is 4. The first-order valence-corrected chi connectivity index (χ1v) is 6.20. The van der Waals surface area contributed by atoms with Gasteiger partial charge in [0.2, 0.25) is 5.78 Å². The molecule has 0 N–H and O–H groups in total. The highest BCUT2D eigenvalue weighted by molar-refractivity contribution is 6.52. The summed E-state index contributed by atoms with van der Waals surface area (Å²) in [7, 11) is 0. The number of pyridine rings is 2. The van der Waals surface area contributed by atoms with Crippen molar-refractivity contribution < 1.29 is 9.59 Å². The van der Waals surface area contributed by atoms with Crippen molar-refractivity contribution in [3.05, 3.63) is 53.5 Å². The van der Waals surface area contributed by atoms with Gasteiger partial charge in [-0.2, -0.15) is 0 Å². The molecule has 0 atom stereocenters. The molecule has 0 saturated carbocycles. The van der Waals surface area contributed by atoms with Crippen LogP contribution in [0, 0.1) is 6.92 Å². The standard InChI is InChI=1S/C15H9N3O2/c1-8-4-5-10-17-12-11-9(3-2-6-16-11)14(19)15(20)13(12)18(10)7-8/h2-7H,1H3. The summed E-state index contributed by atoms with van der Waals surface area (Å²) in [6.07, 6.45) is 3.40. The number of fused-ring (bicyclic) bond motifs is 5. The number of rotatable bonds is 0. The molecule has 4 rings (SSSR count). The SMILES string of the molecule is Cc1ccc2nc3c(n2c1)C(=O)C(=O)c1cccnc1-3. The average molecular weight is 263 g/mol. The Labute approximate surface area is 113 Å². The molecule has 20 heavy (non-hydrogen) atoms. The highest BCUT2D eigenvalue weighted by Crippen LogP contribution is 2.31. The van der Waals surface area contributed by atoms with Crippen molar-refractivity contribution in [2.75, 3.05) is 0 Å². The summed E-state index contributed by atoms with van der Waals surface area (Å²) in [5, 5.41) is 0. The summed E-state index contributed by atoms with van der Waals surface area (Å²) in [5.74, 6) is -1.05. The summed E-state index contributed by atoms with van der Waals surface area (Å²) < 4.78 is 1.67. The van der Waals surface area contributed by atoms with Crippen LogP contribution in [0.25, 0.3) is 17.0 Å². The Morgan fingerprint density at radius 2 is 1.90 bits per heavy atom. The lowest BCUT2D eigenvalue weighted by Crippen LogP contribution is -2.23. The minimum absolute atomic E-state index is 0.305. The molecule has 1 aliphatic rings. The Balaban J connectivity index is 2.18. The Hall–Kier alpha value is -2.82. The first-order chi connectivity index (χ1) is 9.66. The quantitative estimate of drug-likeness (QED) is 0.582. The number of imidazole rings is 1. The van der Waals surface area contributed by atoms with Crippen molar-refractivity contribution in [1.82, 2.24) is 14.4 Å². The largest absolute Gasteiger partial charge is 0.296 e. The van der Waals surface area contributed by atoms with E-state index in [1.807, 2.05) is 19.1 Å². The number of aromatic nitrogens is 3. The van der Waals surface area contributed by atoms with Crippen molar-refractivity contribution in [2.45, 2.75) is 6.92 Å². The zero-order valence-corrected chi connectivity index (χ0v) is 10.6. The lowest BCUT2D eigenvalue weighted by molar-refractivity contribution is 0.0811. The Bertz CT molecular complexity index is 909. The van der Waals surface area contributed by atoms with Crippen molar-refractivity contribution in [1.29, 1.82) is 0 Å². The minimum atomic E-state index is -0.529. The van der Waals surface area contributed by atoms with Crippen LogP contribution in [0.1, 0.15) is 26.4 Å². The third-order valence-corrected chi connectivity index (χ3v) is 3.46. The molecule has 5 nitrogen and oxygen atoms in total. The van der Waals surface area contributed by atoms with E-state index >= 15 is 0 Å². The molecule has 3 heterocycles. The monoisotopic (exact) mass is 263 g/mol. The minimum Gasteiger partial charge on any atom is -0.296 e. The summed E-state index contributed by atoms with van der Waals surface area (Å²) in [6, 6.07) is 7.00. The van der Waals surface area contributed by atoms with Crippen LogP contribution in [0.2, 0.25) is 0 Å². The summed E-state index contributed by atoms with van der Waals surface area (Å²) in [5.41, 5.74) is 3.22. The molecular formula is C15H9N3O2. The first-order valence-electron chi connectivity index (χ1n) is 6.20. The summed E-state index contributed by atoms with van der Waals surface area (Å²) in [6.45, 7) is 1.92. The van der Waals surface area contributed by atoms with E-state index in [9.17, 15) is 9.59 Å². The van der Waals surface area contributed by atoms with Crippen LogP contribution in [0.3, 0.4) is 0 Å². The normalized spacial score (nSPS) is 13.4. The van der Waals surface area contributed by atoms with Crippen LogP contribution >= 0.6 is 0 Å². The number of Topliss-reactive ketones (excluding diaryl/α,β-unsaturated/α-hetero) is 2. The molecule has 0 amide bonds. The summed E-state index contributed by atoms with van der Waals surface area (Å²) >= 11 is 0. The molecule has 0 aliphatic heterocycles. The van der Waals surface area contributed by atoms with Crippen LogP contribution < -0.4 is 0 Å². The van der Waals surface area contributed by atoms with Crippen molar-refractivity contribution in [3.8, 4) is 11.4 Å². The van der Waals surface area contributed by atoms with Gasteiger partial charge >= 0.3 is 0 Å². The maximum Gasteiger partial charge on any atom is 0.252 e. The van der Waals surface area contributed by atoms with Gasteiger partial charge in [0.15, 0.2) is 0 Å². The molecule has 3 aromatic heterocycles. The molecule has 96 valence electrons. The van der Waals surface area contributed by atoms with Gasteiger partial charge in [-0.3, -0.25) is 19.0 Å². The number of aryl methyl sites for hydroxylation is 1. The number of hydrogen-bond donors (Lipinski definition) is 0. The lowest BCUT2D eigenvalue weighted by Gasteiger charge is -2.12. The van der Waals surface area contributed by atoms with Gasteiger partial charge in [-0.05, 0) is 30.7 Å². The zero-order valence-electron chi connectivity index (χ0n) is 10.6. The third-order valence-electron chi connectivity index (χ3n) is 3.46. The van der Waals surface area contributed by atoms with Gasteiger partial charge in [0.05, 0.1) is 5.56 Å². The first kappa shape index (κ1) is 11.0. The molecule has 0 radical (unpaired) electrons. The smallest absolute Gasteiger partial charge is 0.252 e. The summed E-state index contributed by atoms with van der Waals surface area (Å²) in [4.78, 5) is 33.2. The van der Waals surface area contributed by atoms with E-state index in [1.54, 1.807) is 28.9 Å². The van der Waals surface area contributed by atoms with Gasteiger partial charge in [-0.25, -0.2) is 4.98 Å². The average Bonchev–Trinajstić information content (AvgIpc) is 2.83. The fourth-order valence-corrected chi connectivity index (χ4v) is 2.54. The lowest BCUT2D eigenvalue weighted by atomic mass is 9.94. The van der Waals surface area contributed by atoms with Gasteiger partial charge in [0.25, 0.3) is 5.78 Å². The molecule has 0 fully saturated rings. The molecule has 5 heteroatoms. The predicted octanol–water partition coefficient (Wildman–Crippen LogP) is 2.08. The fourth-order valence-electron chi connectivity index (χ4n) is 2.54. The zero-order chi connectivity index (χ0) is 13.9. The second-order valence-electron chi connectivity index (χ2n) is 4.80. The Kier molecular flexibility index (Phi) is 1.99. The van der Waals surface area contributed by atoms with Gasteiger partial charge in [0.1, 0.15) is 22.7 Å². The Morgan fingerprint density at radius 3 is 2.75 bits per heavy atom. The Morgan fingerprint density at radius 1 is 1.05 bits per heavy atom. The van der Waals surface area contributed by atoms with Crippen LogP contribution in [0.4, 0.5) is 0 Å². The number of carbonyl (C=O) groups excluding carboxylic acids is 2. The van der Waals surface area contributed by atoms with E-state index in [4.69, 9.17) is 0 Å². The van der Waals surface area contributed by atoms with Gasteiger partial charge in [-0.15, -0.1) is 0 Å². The van der Waals surface area contributed by atoms with Crippen LogP contribution in [0.15, 0.2) is 36.7 Å². The van der Waals surface area contributed by atoms with E-state index in [-0.39, 0.29) is 0 Å². The van der Waals surface area contributed by atoms with Crippen LogP contribution in [0.5, 0.6) is 0 Å².